The van der Waals surface area contributed by atoms with Crippen molar-refractivity contribution in [2.24, 2.45) is 0 Å². The van der Waals surface area contributed by atoms with Gasteiger partial charge in [-0.25, -0.2) is 4.68 Å². The fourth-order valence-electron chi connectivity index (χ4n) is 2.44. The summed E-state index contributed by atoms with van der Waals surface area (Å²) in [5.41, 5.74) is -0.770. The average Bonchev–Trinajstić information content (AvgIpc) is 2.88. The summed E-state index contributed by atoms with van der Waals surface area (Å²) in [6, 6.07) is 6.29. The van der Waals surface area contributed by atoms with Gasteiger partial charge in [-0.15, -0.1) is 0 Å². The molecule has 1 aliphatic rings. The third-order valence-electron chi connectivity index (χ3n) is 3.44. The highest BCUT2D eigenvalue weighted by atomic mass is 19.4. The molecule has 0 unspecified atom stereocenters. The Balaban J connectivity index is 2.18. The van der Waals surface area contributed by atoms with E-state index < -0.39 is 17.8 Å². The Hall–Kier alpha value is -2.51. The predicted octanol–water partition coefficient (Wildman–Crippen LogP) is 2.19. The molecule has 1 aromatic carbocycles. The van der Waals surface area contributed by atoms with E-state index in [1.165, 1.54) is 7.11 Å². The Bertz CT molecular complexity index is 720. The molecule has 0 bridgehead atoms. The number of nitrogens with zero attached hydrogens (tertiary/aromatic N) is 2. The molecule has 5 nitrogen and oxygen atoms in total. The number of hydrogen-bond donors (Lipinski definition) is 1. The zero-order valence-corrected chi connectivity index (χ0v) is 11.6. The summed E-state index contributed by atoms with van der Waals surface area (Å²) in [6.07, 6.45) is -4.49. The van der Waals surface area contributed by atoms with Crippen LogP contribution in [0.3, 0.4) is 0 Å². The van der Waals surface area contributed by atoms with Gasteiger partial charge in [0.15, 0.2) is 5.69 Å². The molecule has 2 heterocycles. The molecule has 8 heteroatoms. The van der Waals surface area contributed by atoms with Crippen molar-refractivity contribution in [2.75, 3.05) is 13.7 Å². The second-order valence-electron chi connectivity index (χ2n) is 4.79. The number of methoxy groups -OCH3 is 1. The van der Waals surface area contributed by atoms with E-state index in [0.717, 1.165) is 4.68 Å². The number of carbonyl (C=O) groups is 1. The van der Waals surface area contributed by atoms with E-state index in [1.54, 1.807) is 24.3 Å². The Morgan fingerprint density at radius 1 is 1.27 bits per heavy atom. The highest BCUT2D eigenvalue weighted by Crippen LogP contribution is 2.34. The first-order valence-electron chi connectivity index (χ1n) is 6.53. The lowest BCUT2D eigenvalue weighted by Gasteiger charge is -2.15. The number of halogens is 3. The van der Waals surface area contributed by atoms with Gasteiger partial charge in [-0.3, -0.25) is 4.79 Å². The molecule has 1 aromatic heterocycles. The van der Waals surface area contributed by atoms with Crippen LogP contribution in [0.25, 0.3) is 5.69 Å². The smallest absolute Gasteiger partial charge is 0.435 e. The van der Waals surface area contributed by atoms with E-state index in [-0.39, 0.29) is 24.2 Å². The van der Waals surface area contributed by atoms with Gasteiger partial charge < -0.3 is 10.1 Å². The van der Waals surface area contributed by atoms with Gasteiger partial charge in [0.1, 0.15) is 11.4 Å². The number of ether oxygens (including phenoxy) is 1. The number of amides is 1. The monoisotopic (exact) mass is 311 g/mol. The van der Waals surface area contributed by atoms with Crippen LogP contribution in [0.15, 0.2) is 24.3 Å². The Kier molecular flexibility index (Phi) is 3.31. The summed E-state index contributed by atoms with van der Waals surface area (Å²) in [4.78, 5) is 12.0. The molecular weight excluding hydrogens is 299 g/mol. The van der Waals surface area contributed by atoms with Crippen LogP contribution < -0.4 is 10.1 Å². The topological polar surface area (TPSA) is 56.2 Å². The predicted molar refractivity (Wildman–Crippen MR) is 71.2 cm³/mol. The molecule has 0 saturated carbocycles. The van der Waals surface area contributed by atoms with E-state index in [9.17, 15) is 18.0 Å². The zero-order valence-electron chi connectivity index (χ0n) is 11.6. The van der Waals surface area contributed by atoms with Crippen molar-refractivity contribution in [3.05, 3.63) is 41.2 Å². The quantitative estimate of drug-likeness (QED) is 0.925. The van der Waals surface area contributed by atoms with Crippen molar-refractivity contribution in [3.63, 3.8) is 0 Å². The summed E-state index contributed by atoms with van der Waals surface area (Å²) in [5.74, 6) is 0.00494. The molecule has 0 atom stereocenters. The number of hydrogen-bond acceptors (Lipinski definition) is 3. The molecular formula is C14H12F3N3O2. The third-order valence-corrected chi connectivity index (χ3v) is 3.44. The molecule has 1 aliphatic heterocycles. The van der Waals surface area contributed by atoms with E-state index in [4.69, 9.17) is 4.74 Å². The number of carbonyl (C=O) groups excluding carboxylic acids is 1. The molecule has 0 aliphatic carbocycles. The van der Waals surface area contributed by atoms with E-state index >= 15 is 0 Å². The lowest BCUT2D eigenvalue weighted by Crippen LogP contribution is -2.33. The summed E-state index contributed by atoms with van der Waals surface area (Å²) in [6.45, 7) is 0.170. The molecule has 0 saturated heterocycles. The molecule has 1 amide bonds. The van der Waals surface area contributed by atoms with Crippen molar-refractivity contribution in [2.45, 2.75) is 12.6 Å². The van der Waals surface area contributed by atoms with E-state index in [2.05, 4.69) is 10.4 Å². The summed E-state index contributed by atoms with van der Waals surface area (Å²) in [7, 11) is 1.49. The van der Waals surface area contributed by atoms with Gasteiger partial charge in [-0.05, 0) is 30.7 Å². The van der Waals surface area contributed by atoms with Crippen molar-refractivity contribution in [1.29, 1.82) is 0 Å². The number of aromatic nitrogens is 2. The maximum atomic E-state index is 13.1. The summed E-state index contributed by atoms with van der Waals surface area (Å²) < 4.78 is 45.4. The lowest BCUT2D eigenvalue weighted by molar-refractivity contribution is -0.141. The largest absolute Gasteiger partial charge is 0.497 e. The van der Waals surface area contributed by atoms with Gasteiger partial charge in [0.2, 0.25) is 0 Å². The normalized spacial score (nSPS) is 14.5. The van der Waals surface area contributed by atoms with Crippen molar-refractivity contribution < 1.29 is 22.7 Å². The standard InChI is InChI=1S/C14H12F3N3O2/c1-22-9-4-2-8(3-5-9)20-11-10(6-7-18-13(11)21)12(19-20)14(15,16)17/h2-5H,6-7H2,1H3,(H,18,21). The van der Waals surface area contributed by atoms with Crippen LogP contribution in [0.1, 0.15) is 21.7 Å². The maximum absolute atomic E-state index is 13.1. The van der Waals surface area contributed by atoms with Crippen molar-refractivity contribution >= 4 is 5.91 Å². The number of benzene rings is 1. The zero-order chi connectivity index (χ0) is 15.9. The highest BCUT2D eigenvalue weighted by Gasteiger charge is 2.41. The van der Waals surface area contributed by atoms with Crippen LogP contribution in [0.4, 0.5) is 13.2 Å². The van der Waals surface area contributed by atoms with Crippen LogP contribution in [0, 0.1) is 0 Å². The molecule has 116 valence electrons. The molecule has 22 heavy (non-hydrogen) atoms. The second-order valence-corrected chi connectivity index (χ2v) is 4.79. The van der Waals surface area contributed by atoms with Crippen LogP contribution >= 0.6 is 0 Å². The first-order chi connectivity index (χ1) is 10.4. The SMILES string of the molecule is COc1ccc(-n2nc(C(F)(F)F)c3c2C(=O)NCC3)cc1. The molecule has 2 aromatic rings. The summed E-state index contributed by atoms with van der Waals surface area (Å²) >= 11 is 0. The van der Waals surface area contributed by atoms with Gasteiger partial charge in [0.05, 0.1) is 12.8 Å². The molecule has 0 fully saturated rings. The Morgan fingerprint density at radius 3 is 2.55 bits per heavy atom. The number of fused-ring (bicyclic) bond motifs is 1. The Labute approximate surface area is 123 Å². The second kappa shape index (κ2) is 5.04. The van der Waals surface area contributed by atoms with Crippen molar-refractivity contribution in [1.82, 2.24) is 15.1 Å². The first-order valence-corrected chi connectivity index (χ1v) is 6.53. The minimum absolute atomic E-state index is 0.0629. The van der Waals surface area contributed by atoms with Crippen LogP contribution in [-0.4, -0.2) is 29.3 Å². The summed E-state index contributed by atoms with van der Waals surface area (Å²) in [5, 5.41) is 6.17. The number of rotatable bonds is 2. The Morgan fingerprint density at radius 2 is 1.95 bits per heavy atom. The molecule has 0 radical (unpaired) electrons. The third kappa shape index (κ3) is 2.30. The van der Waals surface area contributed by atoms with Crippen LogP contribution in [0.2, 0.25) is 0 Å². The van der Waals surface area contributed by atoms with Gasteiger partial charge in [-0.2, -0.15) is 18.3 Å². The number of alkyl halides is 3. The lowest BCUT2D eigenvalue weighted by atomic mass is 10.0. The fraction of sp³-hybridized carbons (Fsp3) is 0.286. The molecule has 0 spiro atoms. The van der Waals surface area contributed by atoms with E-state index in [1.807, 2.05) is 0 Å². The van der Waals surface area contributed by atoms with Crippen LogP contribution in [0.5, 0.6) is 5.75 Å². The number of nitrogens with one attached hydrogen (secondary N) is 1. The van der Waals surface area contributed by atoms with Gasteiger partial charge >= 0.3 is 6.18 Å². The molecule has 1 N–H and O–H groups in total. The highest BCUT2D eigenvalue weighted by molar-refractivity contribution is 5.96. The van der Waals surface area contributed by atoms with Gasteiger partial charge in [0.25, 0.3) is 5.91 Å². The van der Waals surface area contributed by atoms with Crippen LogP contribution in [-0.2, 0) is 12.6 Å². The van der Waals surface area contributed by atoms with Gasteiger partial charge in [0, 0.05) is 12.1 Å². The van der Waals surface area contributed by atoms with E-state index in [0.29, 0.717) is 11.4 Å². The van der Waals surface area contributed by atoms with Crippen molar-refractivity contribution in [3.8, 4) is 11.4 Å². The average molecular weight is 311 g/mol. The maximum Gasteiger partial charge on any atom is 0.435 e. The van der Waals surface area contributed by atoms with Gasteiger partial charge in [-0.1, -0.05) is 0 Å². The minimum Gasteiger partial charge on any atom is -0.497 e. The minimum atomic E-state index is -4.60. The first kappa shape index (κ1) is 14.4. The molecule has 3 rings (SSSR count). The fourth-order valence-corrected chi connectivity index (χ4v) is 2.44.